The Labute approximate surface area is 152 Å². The third-order valence-corrected chi connectivity index (χ3v) is 3.95. The van der Waals surface area contributed by atoms with Gasteiger partial charge in [-0.15, -0.1) is 0 Å². The van der Waals surface area contributed by atoms with Crippen LogP contribution in [-0.4, -0.2) is 61.8 Å². The van der Waals surface area contributed by atoms with Gasteiger partial charge in [0.15, 0.2) is 0 Å². The number of hydrogen-bond donors (Lipinski definition) is 2. The van der Waals surface area contributed by atoms with Crippen molar-refractivity contribution in [1.82, 2.24) is 10.2 Å². The Balaban J connectivity index is 1.85. The molecule has 2 atom stereocenters. The maximum atomic E-state index is 12.3. The van der Waals surface area contributed by atoms with Gasteiger partial charge >= 0.3 is 12.0 Å². The molecule has 26 heavy (non-hydrogen) atoms. The Morgan fingerprint density at radius 3 is 2.35 bits per heavy atom. The molecule has 0 bridgehead atoms. The molecule has 0 saturated carbocycles. The van der Waals surface area contributed by atoms with E-state index in [0.717, 1.165) is 0 Å². The van der Waals surface area contributed by atoms with E-state index >= 15 is 0 Å². The highest BCUT2D eigenvalue weighted by molar-refractivity contribution is 5.95. The summed E-state index contributed by atoms with van der Waals surface area (Å²) in [5.41, 5.74) is 1.05. The van der Waals surface area contributed by atoms with Gasteiger partial charge in [0.2, 0.25) is 0 Å². The van der Waals surface area contributed by atoms with Crippen molar-refractivity contribution in [3.8, 4) is 0 Å². The van der Waals surface area contributed by atoms with E-state index in [0.29, 0.717) is 24.3 Å². The van der Waals surface area contributed by atoms with E-state index in [1.54, 1.807) is 29.2 Å². The molecule has 0 aromatic heterocycles. The van der Waals surface area contributed by atoms with Crippen molar-refractivity contribution >= 4 is 23.6 Å². The molecule has 1 fully saturated rings. The molecule has 1 aromatic carbocycles. The molecule has 0 radical (unpaired) electrons. The minimum atomic E-state index is -0.380. The van der Waals surface area contributed by atoms with Crippen LogP contribution in [0.4, 0.5) is 10.5 Å². The number of amides is 3. The second-order valence-electron chi connectivity index (χ2n) is 6.25. The number of urea groups is 1. The summed E-state index contributed by atoms with van der Waals surface area (Å²) in [5, 5.41) is 5.46. The third-order valence-electron chi connectivity index (χ3n) is 3.95. The van der Waals surface area contributed by atoms with Crippen molar-refractivity contribution in [2.45, 2.75) is 32.5 Å². The molecule has 2 rings (SSSR count). The van der Waals surface area contributed by atoms with E-state index in [9.17, 15) is 14.4 Å². The van der Waals surface area contributed by atoms with Crippen LogP contribution in [0.1, 0.15) is 30.6 Å². The number of morpholine rings is 1. The smallest absolute Gasteiger partial charge is 0.322 e. The predicted molar refractivity (Wildman–Crippen MR) is 96.0 cm³/mol. The summed E-state index contributed by atoms with van der Waals surface area (Å²) in [6.07, 6.45) is 0.119. The molecule has 3 amide bonds. The van der Waals surface area contributed by atoms with E-state index in [1.807, 2.05) is 13.8 Å². The average molecular weight is 363 g/mol. The first-order valence-electron chi connectivity index (χ1n) is 8.55. The van der Waals surface area contributed by atoms with Crippen molar-refractivity contribution < 1.29 is 23.9 Å². The largest absolute Gasteiger partial charge is 0.469 e. The lowest BCUT2D eigenvalue weighted by Crippen LogP contribution is -2.49. The third kappa shape index (κ3) is 5.73. The van der Waals surface area contributed by atoms with Gasteiger partial charge in [-0.25, -0.2) is 4.79 Å². The normalized spacial score (nSPS) is 19.6. The molecule has 1 heterocycles. The van der Waals surface area contributed by atoms with E-state index in [2.05, 4.69) is 15.4 Å². The monoisotopic (exact) mass is 363 g/mol. The van der Waals surface area contributed by atoms with Gasteiger partial charge in [-0.05, 0) is 38.1 Å². The Hall–Kier alpha value is -2.61. The highest BCUT2D eigenvalue weighted by Gasteiger charge is 2.25. The molecule has 1 aliphatic rings. The fourth-order valence-corrected chi connectivity index (χ4v) is 2.73. The van der Waals surface area contributed by atoms with E-state index in [1.165, 1.54) is 7.11 Å². The first-order valence-corrected chi connectivity index (χ1v) is 8.55. The van der Waals surface area contributed by atoms with Crippen molar-refractivity contribution in [3.63, 3.8) is 0 Å². The van der Waals surface area contributed by atoms with Gasteiger partial charge in [-0.1, -0.05) is 0 Å². The van der Waals surface area contributed by atoms with Crippen LogP contribution < -0.4 is 10.6 Å². The van der Waals surface area contributed by atoms with Crippen molar-refractivity contribution in [1.29, 1.82) is 0 Å². The SMILES string of the molecule is COC(=O)CCNC(=O)c1ccc(NC(=O)N2CC(C)OC(C)C2)cc1. The molecule has 2 unspecified atom stereocenters. The molecule has 2 N–H and O–H groups in total. The number of rotatable bonds is 5. The van der Waals surface area contributed by atoms with E-state index < -0.39 is 0 Å². The topological polar surface area (TPSA) is 97.0 Å². The van der Waals surface area contributed by atoms with Crippen LogP contribution in [0.3, 0.4) is 0 Å². The lowest BCUT2D eigenvalue weighted by molar-refractivity contribution is -0.140. The summed E-state index contributed by atoms with van der Waals surface area (Å²) in [5.74, 6) is -0.669. The average Bonchev–Trinajstić information content (AvgIpc) is 2.61. The molecule has 1 aromatic rings. The summed E-state index contributed by atoms with van der Waals surface area (Å²) in [4.78, 5) is 37.1. The Bertz CT molecular complexity index is 637. The first-order chi connectivity index (χ1) is 12.4. The zero-order chi connectivity index (χ0) is 19.1. The number of methoxy groups -OCH3 is 1. The van der Waals surface area contributed by atoms with E-state index in [4.69, 9.17) is 4.74 Å². The van der Waals surface area contributed by atoms with Crippen molar-refractivity contribution in [3.05, 3.63) is 29.8 Å². The van der Waals surface area contributed by atoms with Crippen LogP contribution >= 0.6 is 0 Å². The minimum absolute atomic E-state index is 0.000520. The summed E-state index contributed by atoms with van der Waals surface area (Å²) >= 11 is 0. The number of ether oxygens (including phenoxy) is 2. The standard InChI is InChI=1S/C18H25N3O5/c1-12-10-21(11-13(2)26-12)18(24)20-15-6-4-14(5-7-15)17(23)19-9-8-16(22)25-3/h4-7,12-13H,8-11H2,1-3H3,(H,19,23)(H,20,24). The van der Waals surface area contributed by atoms with Crippen LogP contribution in [0.5, 0.6) is 0 Å². The number of benzene rings is 1. The van der Waals surface area contributed by atoms with E-state index in [-0.39, 0.29) is 43.1 Å². The van der Waals surface area contributed by atoms with Gasteiger partial charge in [0.1, 0.15) is 0 Å². The van der Waals surface area contributed by atoms with Crippen LogP contribution in [0.2, 0.25) is 0 Å². The quantitative estimate of drug-likeness (QED) is 0.775. The van der Waals surface area contributed by atoms with Gasteiger partial charge in [0, 0.05) is 30.9 Å². The number of carbonyl (C=O) groups is 3. The maximum absolute atomic E-state index is 12.3. The lowest BCUT2D eigenvalue weighted by Gasteiger charge is -2.35. The number of carbonyl (C=O) groups excluding carboxylic acids is 3. The highest BCUT2D eigenvalue weighted by atomic mass is 16.5. The maximum Gasteiger partial charge on any atom is 0.322 e. The van der Waals surface area contributed by atoms with Gasteiger partial charge in [-0.2, -0.15) is 0 Å². The number of hydrogen-bond acceptors (Lipinski definition) is 5. The zero-order valence-electron chi connectivity index (χ0n) is 15.3. The molecule has 142 valence electrons. The highest BCUT2D eigenvalue weighted by Crippen LogP contribution is 2.14. The summed E-state index contributed by atoms with van der Waals surface area (Å²) in [6, 6.07) is 6.38. The number of nitrogens with one attached hydrogen (secondary N) is 2. The second kappa shape index (κ2) is 9.19. The fourth-order valence-electron chi connectivity index (χ4n) is 2.73. The molecule has 8 nitrogen and oxygen atoms in total. The minimum Gasteiger partial charge on any atom is -0.469 e. The zero-order valence-corrected chi connectivity index (χ0v) is 15.3. The molecule has 0 aliphatic carbocycles. The number of anilines is 1. The second-order valence-corrected chi connectivity index (χ2v) is 6.25. The van der Waals surface area contributed by atoms with Crippen LogP contribution in [-0.2, 0) is 14.3 Å². The number of esters is 1. The molecule has 8 heteroatoms. The number of nitrogens with zero attached hydrogens (tertiary/aromatic N) is 1. The van der Waals surface area contributed by atoms with Gasteiger partial charge < -0.3 is 25.0 Å². The molecule has 1 aliphatic heterocycles. The Morgan fingerprint density at radius 1 is 1.15 bits per heavy atom. The lowest BCUT2D eigenvalue weighted by atomic mass is 10.2. The molecular formula is C18H25N3O5. The van der Waals surface area contributed by atoms with Gasteiger partial charge in [0.05, 0.1) is 25.7 Å². The van der Waals surface area contributed by atoms with Crippen molar-refractivity contribution in [2.75, 3.05) is 32.1 Å². The van der Waals surface area contributed by atoms with Gasteiger partial charge in [-0.3, -0.25) is 9.59 Å². The molecule has 1 saturated heterocycles. The van der Waals surface area contributed by atoms with Crippen LogP contribution in [0, 0.1) is 0 Å². The Morgan fingerprint density at radius 2 is 1.77 bits per heavy atom. The molecular weight excluding hydrogens is 338 g/mol. The fraction of sp³-hybridized carbons (Fsp3) is 0.500. The first kappa shape index (κ1) is 19.7. The summed E-state index contributed by atoms with van der Waals surface area (Å²) < 4.78 is 10.1. The molecule has 0 spiro atoms. The summed E-state index contributed by atoms with van der Waals surface area (Å²) in [7, 11) is 1.30. The predicted octanol–water partition coefficient (Wildman–Crippen LogP) is 1.62. The van der Waals surface area contributed by atoms with Crippen LogP contribution in [0.25, 0.3) is 0 Å². The van der Waals surface area contributed by atoms with Crippen molar-refractivity contribution in [2.24, 2.45) is 0 Å². The Kier molecular flexibility index (Phi) is 6.97. The van der Waals surface area contributed by atoms with Gasteiger partial charge in [0.25, 0.3) is 5.91 Å². The van der Waals surface area contributed by atoms with Crippen LogP contribution in [0.15, 0.2) is 24.3 Å². The summed E-state index contributed by atoms with van der Waals surface area (Å²) in [6.45, 7) is 5.15.